The number of anilines is 1. The molecule has 1 aliphatic carbocycles. The lowest BCUT2D eigenvalue weighted by Gasteiger charge is -2.50. The van der Waals surface area contributed by atoms with Crippen LogP contribution in [-0.4, -0.2) is 47.3 Å². The molecule has 3 amide bonds. The van der Waals surface area contributed by atoms with Crippen LogP contribution in [0.3, 0.4) is 0 Å². The molecule has 4 aromatic carbocycles. The average molecular weight is 529 g/mol. The summed E-state index contributed by atoms with van der Waals surface area (Å²) in [6, 6.07) is 22.9. The molecule has 0 aromatic heterocycles. The maximum Gasteiger partial charge on any atom is 0.262 e. The molecule has 0 spiro atoms. The molecule has 2 atom stereocenters. The maximum absolute atomic E-state index is 13.7. The van der Waals surface area contributed by atoms with Gasteiger partial charge in [0.1, 0.15) is 11.8 Å². The van der Waals surface area contributed by atoms with E-state index in [9.17, 15) is 24.0 Å². The number of imide groups is 1. The van der Waals surface area contributed by atoms with E-state index < -0.39 is 29.8 Å². The number of hydrogen-bond acceptors (Lipinski definition) is 6. The zero-order valence-electron chi connectivity index (χ0n) is 21.2. The summed E-state index contributed by atoms with van der Waals surface area (Å²) in [5.41, 5.74) is 2.68. The van der Waals surface area contributed by atoms with Gasteiger partial charge in [-0.1, -0.05) is 42.5 Å². The van der Waals surface area contributed by atoms with Gasteiger partial charge in [-0.3, -0.25) is 28.9 Å². The van der Waals surface area contributed by atoms with E-state index in [0.717, 1.165) is 4.90 Å². The van der Waals surface area contributed by atoms with Gasteiger partial charge >= 0.3 is 0 Å². The fourth-order valence-corrected chi connectivity index (χ4v) is 5.85. The van der Waals surface area contributed by atoms with E-state index in [1.165, 1.54) is 12.0 Å². The Morgan fingerprint density at radius 3 is 1.65 bits per heavy atom. The number of ether oxygens (including phenoxy) is 1. The minimum Gasteiger partial charge on any atom is -0.497 e. The molecule has 8 heteroatoms. The van der Waals surface area contributed by atoms with Gasteiger partial charge in [0, 0.05) is 27.9 Å². The highest BCUT2D eigenvalue weighted by molar-refractivity contribution is 6.28. The summed E-state index contributed by atoms with van der Waals surface area (Å²) in [4.78, 5) is 69.6. The van der Waals surface area contributed by atoms with Crippen molar-refractivity contribution in [2.24, 2.45) is 0 Å². The second-order valence-electron chi connectivity index (χ2n) is 9.83. The number of carbonyl (C=O) groups excluding carboxylic acids is 5. The molecule has 1 saturated heterocycles. The Labute approximate surface area is 228 Å². The largest absolute Gasteiger partial charge is 0.497 e. The zero-order chi connectivity index (χ0) is 27.7. The van der Waals surface area contributed by atoms with Gasteiger partial charge in [0.2, 0.25) is 0 Å². The smallest absolute Gasteiger partial charge is 0.262 e. The quantitative estimate of drug-likeness (QED) is 0.256. The molecule has 0 radical (unpaired) electrons. The molecule has 0 unspecified atom stereocenters. The van der Waals surface area contributed by atoms with Gasteiger partial charge in [-0.15, -0.1) is 0 Å². The van der Waals surface area contributed by atoms with Gasteiger partial charge in [-0.05, 0) is 54.1 Å². The number of amides is 3. The molecule has 3 aliphatic rings. The van der Waals surface area contributed by atoms with E-state index in [0.29, 0.717) is 28.1 Å². The number of ketones is 2. The summed E-state index contributed by atoms with van der Waals surface area (Å²) in [5, 5.41) is 0. The highest BCUT2D eigenvalue weighted by Crippen LogP contribution is 2.45. The summed E-state index contributed by atoms with van der Waals surface area (Å²) in [6.07, 6.45) is 0. The number of benzene rings is 4. The Morgan fingerprint density at radius 1 is 0.550 bits per heavy atom. The SMILES string of the molecule is COc1ccc(N2C(=O)[C@@H](N3C(=O)c4ccccc4C3=O)[C@@H]2c2ccc3c(c2)C(=O)c2ccccc2C3=O)cc1. The van der Waals surface area contributed by atoms with Gasteiger partial charge in [-0.2, -0.15) is 0 Å². The number of methoxy groups -OCH3 is 1. The highest BCUT2D eigenvalue weighted by atomic mass is 16.5. The van der Waals surface area contributed by atoms with E-state index in [2.05, 4.69) is 0 Å². The lowest BCUT2D eigenvalue weighted by Crippen LogP contribution is -2.67. The molecule has 8 nitrogen and oxygen atoms in total. The van der Waals surface area contributed by atoms with Crippen LogP contribution in [0.15, 0.2) is 91.0 Å². The first-order valence-corrected chi connectivity index (χ1v) is 12.7. The average Bonchev–Trinajstić information content (AvgIpc) is 3.24. The van der Waals surface area contributed by atoms with Crippen LogP contribution in [0.25, 0.3) is 0 Å². The molecule has 2 heterocycles. The fourth-order valence-electron chi connectivity index (χ4n) is 5.85. The molecule has 0 saturated carbocycles. The third-order valence-electron chi connectivity index (χ3n) is 7.81. The molecule has 0 N–H and O–H groups in total. The summed E-state index contributed by atoms with van der Waals surface area (Å²) in [5.74, 6) is -1.49. The van der Waals surface area contributed by atoms with E-state index in [4.69, 9.17) is 4.74 Å². The first-order valence-electron chi connectivity index (χ1n) is 12.7. The number of carbonyl (C=O) groups is 5. The van der Waals surface area contributed by atoms with Crippen molar-refractivity contribution < 1.29 is 28.7 Å². The van der Waals surface area contributed by atoms with Gasteiger partial charge in [-0.25, -0.2) is 0 Å². The molecule has 4 aromatic rings. The van der Waals surface area contributed by atoms with Crippen LogP contribution in [0.4, 0.5) is 5.69 Å². The first kappa shape index (κ1) is 23.7. The van der Waals surface area contributed by atoms with Crippen molar-refractivity contribution in [3.8, 4) is 5.75 Å². The Bertz CT molecular complexity index is 1770. The molecule has 0 bridgehead atoms. The van der Waals surface area contributed by atoms with Crippen molar-refractivity contribution >= 4 is 35.0 Å². The lowest BCUT2D eigenvalue weighted by molar-refractivity contribution is -0.130. The highest BCUT2D eigenvalue weighted by Gasteiger charge is 2.57. The van der Waals surface area contributed by atoms with Crippen LogP contribution in [0.2, 0.25) is 0 Å². The Kier molecular flexibility index (Phi) is 5.08. The van der Waals surface area contributed by atoms with E-state index in [-0.39, 0.29) is 33.8 Å². The third kappa shape index (κ3) is 3.16. The first-order chi connectivity index (χ1) is 19.4. The molecule has 1 fully saturated rings. The van der Waals surface area contributed by atoms with E-state index >= 15 is 0 Å². The van der Waals surface area contributed by atoms with Crippen molar-refractivity contribution in [3.05, 3.63) is 130 Å². The minimum absolute atomic E-state index is 0.219. The van der Waals surface area contributed by atoms with Crippen LogP contribution < -0.4 is 9.64 Å². The maximum atomic E-state index is 13.7. The number of nitrogens with zero attached hydrogens (tertiary/aromatic N) is 2. The molecule has 194 valence electrons. The summed E-state index contributed by atoms with van der Waals surface area (Å²) >= 11 is 0. The van der Waals surface area contributed by atoms with Crippen molar-refractivity contribution in [1.82, 2.24) is 4.90 Å². The predicted octanol–water partition coefficient (Wildman–Crippen LogP) is 4.22. The van der Waals surface area contributed by atoms with Crippen molar-refractivity contribution in [2.45, 2.75) is 12.1 Å². The predicted molar refractivity (Wildman–Crippen MR) is 144 cm³/mol. The Hall–Kier alpha value is -5.37. The van der Waals surface area contributed by atoms with E-state index in [1.807, 2.05) is 0 Å². The number of fused-ring (bicyclic) bond motifs is 3. The van der Waals surface area contributed by atoms with E-state index in [1.54, 1.807) is 91.0 Å². The Balaban J connectivity index is 1.35. The third-order valence-corrected chi connectivity index (χ3v) is 7.81. The molecular weight excluding hydrogens is 508 g/mol. The minimum atomic E-state index is -1.13. The standard InChI is InChI=1S/C32H20N2O6/c1-40-19-13-11-18(12-14-19)33-26(27(32(33)39)34-30(37)23-8-4-5-9-24(23)31(34)38)17-10-15-22-25(16-17)29(36)21-7-3-2-6-20(21)28(22)35/h2-16,26-27H,1H3/t26-,27-/m0/s1. The fraction of sp³-hybridized carbons (Fsp3) is 0.0938. The van der Waals surface area contributed by atoms with Gasteiger partial charge in [0.25, 0.3) is 17.7 Å². The number of rotatable bonds is 4. The summed E-state index contributed by atoms with van der Waals surface area (Å²) in [6.45, 7) is 0. The summed E-state index contributed by atoms with van der Waals surface area (Å²) in [7, 11) is 1.54. The van der Waals surface area contributed by atoms with Crippen molar-refractivity contribution in [2.75, 3.05) is 12.0 Å². The number of hydrogen-bond donors (Lipinski definition) is 0. The van der Waals surface area contributed by atoms with Crippen LogP contribution in [0, 0.1) is 0 Å². The van der Waals surface area contributed by atoms with Crippen LogP contribution in [-0.2, 0) is 4.79 Å². The molecule has 7 rings (SSSR count). The lowest BCUT2D eigenvalue weighted by atomic mass is 9.80. The Morgan fingerprint density at radius 2 is 1.07 bits per heavy atom. The van der Waals surface area contributed by atoms with Gasteiger partial charge < -0.3 is 9.64 Å². The molecular formula is C32H20N2O6. The summed E-state index contributed by atoms with van der Waals surface area (Å²) < 4.78 is 5.25. The van der Waals surface area contributed by atoms with Gasteiger partial charge in [0.15, 0.2) is 11.6 Å². The van der Waals surface area contributed by atoms with Crippen molar-refractivity contribution in [3.63, 3.8) is 0 Å². The molecule has 40 heavy (non-hydrogen) atoms. The zero-order valence-corrected chi connectivity index (χ0v) is 21.2. The van der Waals surface area contributed by atoms with Crippen LogP contribution in [0.1, 0.15) is 64.2 Å². The van der Waals surface area contributed by atoms with Crippen LogP contribution in [0.5, 0.6) is 5.75 Å². The second kappa shape index (κ2) is 8.57. The van der Waals surface area contributed by atoms with Crippen LogP contribution >= 0.6 is 0 Å². The number of β-lactam (4-membered cyclic amide) rings is 1. The van der Waals surface area contributed by atoms with Crippen molar-refractivity contribution in [1.29, 1.82) is 0 Å². The second-order valence-corrected chi connectivity index (χ2v) is 9.83. The molecule has 2 aliphatic heterocycles. The monoisotopic (exact) mass is 528 g/mol. The van der Waals surface area contributed by atoms with Gasteiger partial charge in [0.05, 0.1) is 24.3 Å². The normalized spacial score (nSPS) is 19.3. The topological polar surface area (TPSA) is 101 Å².